The van der Waals surface area contributed by atoms with E-state index < -0.39 is 0 Å². The minimum absolute atomic E-state index is 0.0521. The van der Waals surface area contributed by atoms with E-state index in [4.69, 9.17) is 23.2 Å². The summed E-state index contributed by atoms with van der Waals surface area (Å²) in [6.45, 7) is 2.00. The second kappa shape index (κ2) is 7.50. The van der Waals surface area contributed by atoms with Crippen molar-refractivity contribution in [2.75, 3.05) is 13.1 Å². The number of carbonyl (C=O) groups is 1. The lowest BCUT2D eigenvalue weighted by Crippen LogP contribution is -2.39. The smallest absolute Gasteiger partial charge is 0.234 e. The van der Waals surface area contributed by atoms with Crippen molar-refractivity contribution in [2.24, 2.45) is 0 Å². The maximum absolute atomic E-state index is 14.4. The van der Waals surface area contributed by atoms with Crippen molar-refractivity contribution in [3.63, 3.8) is 0 Å². The Balaban J connectivity index is 1.41. The molecular weight excluding hydrogens is 388 g/mol. The van der Waals surface area contributed by atoms with Crippen LogP contribution in [0.25, 0.3) is 10.9 Å². The van der Waals surface area contributed by atoms with Crippen LogP contribution in [-0.4, -0.2) is 28.9 Å². The average molecular weight is 406 g/mol. The Morgan fingerprint density at radius 1 is 1.26 bits per heavy atom. The summed E-state index contributed by atoms with van der Waals surface area (Å²) in [5.74, 6) is -0.428. The van der Waals surface area contributed by atoms with E-state index in [9.17, 15) is 9.18 Å². The fourth-order valence-electron chi connectivity index (χ4n) is 3.56. The summed E-state index contributed by atoms with van der Waals surface area (Å²) in [4.78, 5) is 17.6. The number of nitrogens with zero attached hydrogens (tertiary/aromatic N) is 1. The minimum Gasteiger partial charge on any atom is -0.357 e. The summed E-state index contributed by atoms with van der Waals surface area (Å²) in [6, 6.07) is 10.8. The van der Waals surface area contributed by atoms with Gasteiger partial charge in [0.1, 0.15) is 0 Å². The molecule has 4 nitrogen and oxygen atoms in total. The second-order valence-corrected chi connectivity index (χ2v) is 7.58. The van der Waals surface area contributed by atoms with E-state index >= 15 is 0 Å². The van der Waals surface area contributed by atoms with Gasteiger partial charge in [-0.3, -0.25) is 9.69 Å². The zero-order valence-corrected chi connectivity index (χ0v) is 16.0. The average Bonchev–Trinajstić information content (AvgIpc) is 3.01. The molecule has 1 aliphatic rings. The van der Waals surface area contributed by atoms with Crippen LogP contribution in [0.2, 0.25) is 10.0 Å². The third-order valence-electron chi connectivity index (χ3n) is 4.85. The van der Waals surface area contributed by atoms with Gasteiger partial charge in [-0.25, -0.2) is 4.39 Å². The molecule has 0 unspecified atom stereocenters. The maximum Gasteiger partial charge on any atom is 0.234 e. The molecule has 0 saturated carbocycles. The SMILES string of the molecule is O=C(CN1CCc2c([nH]c3ccc(Cl)c(F)c23)C1)NCc1cccc(Cl)c1. The molecule has 2 heterocycles. The first-order valence-electron chi connectivity index (χ1n) is 8.72. The molecule has 0 aliphatic carbocycles. The van der Waals surface area contributed by atoms with Crippen molar-refractivity contribution in [2.45, 2.75) is 19.5 Å². The highest BCUT2D eigenvalue weighted by molar-refractivity contribution is 6.31. The number of aromatic nitrogens is 1. The van der Waals surface area contributed by atoms with Crippen LogP contribution in [0.4, 0.5) is 4.39 Å². The summed E-state index contributed by atoms with van der Waals surface area (Å²) in [7, 11) is 0. The van der Waals surface area contributed by atoms with Crippen LogP contribution in [0.1, 0.15) is 16.8 Å². The normalized spacial score (nSPS) is 14.3. The Kier molecular flexibility index (Phi) is 5.08. The molecule has 0 spiro atoms. The Bertz CT molecular complexity index is 1020. The molecule has 2 aromatic carbocycles. The van der Waals surface area contributed by atoms with E-state index in [1.807, 2.05) is 23.1 Å². The monoisotopic (exact) mass is 405 g/mol. The Hall–Kier alpha value is -2.08. The largest absolute Gasteiger partial charge is 0.357 e. The predicted octanol–water partition coefficient (Wildman–Crippen LogP) is 4.29. The topological polar surface area (TPSA) is 48.1 Å². The summed E-state index contributed by atoms with van der Waals surface area (Å²) < 4.78 is 14.4. The quantitative estimate of drug-likeness (QED) is 0.679. The molecule has 1 aromatic heterocycles. The third kappa shape index (κ3) is 3.81. The van der Waals surface area contributed by atoms with Gasteiger partial charge in [0.05, 0.1) is 11.6 Å². The van der Waals surface area contributed by atoms with E-state index in [1.54, 1.807) is 18.2 Å². The fraction of sp³-hybridized carbons (Fsp3) is 0.250. The van der Waals surface area contributed by atoms with Gasteiger partial charge < -0.3 is 10.3 Å². The molecule has 0 saturated heterocycles. The predicted molar refractivity (Wildman–Crippen MR) is 106 cm³/mol. The number of aromatic amines is 1. The molecule has 0 atom stereocenters. The number of nitrogens with one attached hydrogen (secondary N) is 2. The lowest BCUT2D eigenvalue weighted by Gasteiger charge is -2.26. The highest BCUT2D eigenvalue weighted by atomic mass is 35.5. The summed E-state index contributed by atoms with van der Waals surface area (Å²) in [6.07, 6.45) is 0.675. The number of carbonyl (C=O) groups excluding carboxylic acids is 1. The van der Waals surface area contributed by atoms with E-state index in [0.717, 1.165) is 22.3 Å². The van der Waals surface area contributed by atoms with Crippen LogP contribution in [0.15, 0.2) is 36.4 Å². The van der Waals surface area contributed by atoms with Crippen molar-refractivity contribution in [3.8, 4) is 0 Å². The third-order valence-corrected chi connectivity index (χ3v) is 5.38. The zero-order valence-electron chi connectivity index (χ0n) is 14.5. The lowest BCUT2D eigenvalue weighted by molar-refractivity contribution is -0.122. The lowest BCUT2D eigenvalue weighted by atomic mass is 10.0. The number of halogens is 3. The van der Waals surface area contributed by atoms with Gasteiger partial charge in [-0.1, -0.05) is 35.3 Å². The Morgan fingerprint density at radius 2 is 2.11 bits per heavy atom. The molecule has 1 aliphatic heterocycles. The highest BCUT2D eigenvalue weighted by Gasteiger charge is 2.24. The van der Waals surface area contributed by atoms with E-state index in [-0.39, 0.29) is 16.7 Å². The zero-order chi connectivity index (χ0) is 19.0. The van der Waals surface area contributed by atoms with Gasteiger partial charge >= 0.3 is 0 Å². The van der Waals surface area contributed by atoms with E-state index in [1.165, 1.54) is 0 Å². The first-order valence-corrected chi connectivity index (χ1v) is 9.48. The van der Waals surface area contributed by atoms with Gasteiger partial charge in [0.15, 0.2) is 5.82 Å². The van der Waals surface area contributed by atoms with Gasteiger partial charge in [0, 0.05) is 41.3 Å². The second-order valence-electron chi connectivity index (χ2n) is 6.73. The molecule has 0 bridgehead atoms. The first kappa shape index (κ1) is 18.3. The van der Waals surface area contributed by atoms with Gasteiger partial charge in [-0.15, -0.1) is 0 Å². The molecule has 2 N–H and O–H groups in total. The molecule has 7 heteroatoms. The molecule has 0 fully saturated rings. The number of benzene rings is 2. The molecule has 4 rings (SSSR count). The summed E-state index contributed by atoms with van der Waals surface area (Å²) in [5, 5.41) is 4.27. The van der Waals surface area contributed by atoms with Gasteiger partial charge in [0.2, 0.25) is 5.91 Å². The van der Waals surface area contributed by atoms with Crippen molar-refractivity contribution in [3.05, 3.63) is 69.1 Å². The number of H-pyrrole nitrogens is 1. The molecule has 27 heavy (non-hydrogen) atoms. The van der Waals surface area contributed by atoms with Crippen LogP contribution in [-0.2, 0) is 24.3 Å². The van der Waals surface area contributed by atoms with Crippen LogP contribution < -0.4 is 5.32 Å². The number of rotatable bonds is 4. The van der Waals surface area contributed by atoms with Crippen LogP contribution in [0.5, 0.6) is 0 Å². The number of hydrogen-bond donors (Lipinski definition) is 2. The molecule has 0 radical (unpaired) electrons. The highest BCUT2D eigenvalue weighted by Crippen LogP contribution is 2.32. The number of fused-ring (bicyclic) bond motifs is 3. The molecule has 140 valence electrons. The minimum atomic E-state index is -0.376. The van der Waals surface area contributed by atoms with Crippen molar-refractivity contribution < 1.29 is 9.18 Å². The fourth-order valence-corrected chi connectivity index (χ4v) is 3.93. The van der Waals surface area contributed by atoms with Gasteiger partial charge in [-0.05, 0) is 41.8 Å². The van der Waals surface area contributed by atoms with Crippen molar-refractivity contribution in [1.29, 1.82) is 0 Å². The standard InChI is InChI=1S/C20H18Cl2FN3O/c21-13-3-1-2-12(8-13)9-24-18(27)11-26-7-6-14-17(10-26)25-16-5-4-15(22)20(23)19(14)16/h1-5,8,25H,6-7,9-11H2,(H,24,27). The van der Waals surface area contributed by atoms with E-state index in [2.05, 4.69) is 10.3 Å². The van der Waals surface area contributed by atoms with Gasteiger partial charge in [-0.2, -0.15) is 0 Å². The summed E-state index contributed by atoms with van der Waals surface area (Å²) in [5.41, 5.74) is 3.61. The van der Waals surface area contributed by atoms with Gasteiger partial charge in [0.25, 0.3) is 0 Å². The summed E-state index contributed by atoms with van der Waals surface area (Å²) >= 11 is 11.9. The molecular formula is C20H18Cl2FN3O. The molecule has 1 amide bonds. The van der Waals surface area contributed by atoms with Crippen LogP contribution in [0, 0.1) is 5.82 Å². The van der Waals surface area contributed by atoms with Crippen molar-refractivity contribution >= 4 is 40.0 Å². The molecule has 3 aromatic rings. The van der Waals surface area contributed by atoms with E-state index in [0.29, 0.717) is 43.0 Å². The number of amides is 1. The van der Waals surface area contributed by atoms with Crippen molar-refractivity contribution in [1.82, 2.24) is 15.2 Å². The van der Waals surface area contributed by atoms with Crippen LogP contribution in [0.3, 0.4) is 0 Å². The first-order chi connectivity index (χ1) is 13.0. The Labute approximate surface area is 166 Å². The number of hydrogen-bond acceptors (Lipinski definition) is 2. The van der Waals surface area contributed by atoms with Crippen LogP contribution >= 0.6 is 23.2 Å². The Morgan fingerprint density at radius 3 is 2.93 bits per heavy atom. The maximum atomic E-state index is 14.4.